The normalized spacial score (nSPS) is 11.9. The van der Waals surface area contributed by atoms with Crippen LogP contribution in [-0.2, 0) is 16.0 Å². The summed E-state index contributed by atoms with van der Waals surface area (Å²) in [5, 5.41) is 5.74. The van der Waals surface area contributed by atoms with Crippen LogP contribution < -0.4 is 5.32 Å². The fraction of sp³-hybridized carbons (Fsp3) is 0.312. The molecule has 0 saturated carbocycles. The summed E-state index contributed by atoms with van der Waals surface area (Å²) < 4.78 is 49.5. The Hall–Kier alpha value is -2.84. The zero-order valence-corrected chi connectivity index (χ0v) is 13.7. The molecule has 1 amide bonds. The van der Waals surface area contributed by atoms with E-state index in [-0.39, 0.29) is 11.3 Å². The summed E-state index contributed by atoms with van der Waals surface area (Å²) in [6.07, 6.45) is -0.901. The highest BCUT2D eigenvalue weighted by atomic mass is 19.2. The van der Waals surface area contributed by atoms with Crippen molar-refractivity contribution in [2.24, 2.45) is 0 Å². The minimum atomic E-state index is -1.71. The molecule has 1 aromatic heterocycles. The highest BCUT2D eigenvalue weighted by molar-refractivity contribution is 5.98. The number of aryl methyl sites for hydroxylation is 2. The Balaban J connectivity index is 2.09. The molecule has 1 aromatic carbocycles. The van der Waals surface area contributed by atoms with Gasteiger partial charge in [0.05, 0.1) is 11.4 Å². The van der Waals surface area contributed by atoms with Gasteiger partial charge in [0.1, 0.15) is 11.3 Å². The number of nitrogens with one attached hydrogen (secondary N) is 1. The molecule has 2 rings (SSSR count). The summed E-state index contributed by atoms with van der Waals surface area (Å²) in [6.45, 7) is 4.53. The van der Waals surface area contributed by atoms with Crippen molar-refractivity contribution in [1.29, 1.82) is 0 Å². The van der Waals surface area contributed by atoms with Crippen molar-refractivity contribution < 1.29 is 32.0 Å². The number of rotatable bonds is 5. The Morgan fingerprint density at radius 3 is 2.60 bits per heavy atom. The van der Waals surface area contributed by atoms with Crippen LogP contribution in [0.15, 0.2) is 16.7 Å². The number of ether oxygens (including phenoxy) is 1. The van der Waals surface area contributed by atoms with Gasteiger partial charge in [-0.25, -0.2) is 18.0 Å². The van der Waals surface area contributed by atoms with Crippen molar-refractivity contribution in [2.45, 2.75) is 33.3 Å². The second kappa shape index (κ2) is 7.37. The van der Waals surface area contributed by atoms with E-state index in [1.54, 1.807) is 6.92 Å². The minimum Gasteiger partial charge on any atom is -0.449 e. The number of hydrogen-bond donors (Lipinski definition) is 1. The smallest absolute Gasteiger partial charge is 0.344 e. The highest BCUT2D eigenvalue weighted by Gasteiger charge is 2.26. The zero-order chi connectivity index (χ0) is 18.7. The van der Waals surface area contributed by atoms with Crippen molar-refractivity contribution in [2.75, 3.05) is 5.32 Å². The fourth-order valence-corrected chi connectivity index (χ4v) is 2.05. The number of nitrogens with zero attached hydrogens (tertiary/aromatic N) is 1. The van der Waals surface area contributed by atoms with Crippen LogP contribution in [0.1, 0.15) is 35.7 Å². The molecule has 0 aliphatic heterocycles. The third-order valence-electron chi connectivity index (χ3n) is 3.42. The SMILES string of the molecule is CCc1noc(C)c1C(=O)O[C@@H](C)C(=O)Nc1ccc(F)c(F)c1F. The van der Waals surface area contributed by atoms with Gasteiger partial charge in [-0.15, -0.1) is 0 Å². The molecule has 134 valence electrons. The maximum atomic E-state index is 13.6. The number of aromatic nitrogens is 1. The number of anilines is 1. The van der Waals surface area contributed by atoms with Crippen LogP contribution in [0.25, 0.3) is 0 Å². The molecule has 0 aliphatic rings. The van der Waals surface area contributed by atoms with Gasteiger partial charge in [0.2, 0.25) is 0 Å². The lowest BCUT2D eigenvalue weighted by molar-refractivity contribution is -0.123. The molecule has 0 spiro atoms. The van der Waals surface area contributed by atoms with Crippen molar-refractivity contribution >= 4 is 17.6 Å². The molecule has 0 bridgehead atoms. The molecule has 0 saturated heterocycles. The lowest BCUT2D eigenvalue weighted by Gasteiger charge is -2.14. The number of carbonyl (C=O) groups excluding carboxylic acids is 2. The van der Waals surface area contributed by atoms with E-state index < -0.39 is 41.1 Å². The zero-order valence-electron chi connectivity index (χ0n) is 13.7. The number of esters is 1. The molecule has 1 N–H and O–H groups in total. The predicted molar refractivity (Wildman–Crippen MR) is 80.4 cm³/mol. The Labute approximate surface area is 140 Å². The van der Waals surface area contributed by atoms with E-state index in [1.807, 2.05) is 5.32 Å². The summed E-state index contributed by atoms with van der Waals surface area (Å²) in [4.78, 5) is 24.1. The summed E-state index contributed by atoms with van der Waals surface area (Å²) >= 11 is 0. The maximum Gasteiger partial charge on any atom is 0.344 e. The first-order chi connectivity index (χ1) is 11.8. The first-order valence-electron chi connectivity index (χ1n) is 7.36. The molecule has 9 heteroatoms. The van der Waals surface area contributed by atoms with Crippen LogP contribution in [0.3, 0.4) is 0 Å². The number of carbonyl (C=O) groups is 2. The van der Waals surface area contributed by atoms with Crippen LogP contribution in [0.4, 0.5) is 18.9 Å². The van der Waals surface area contributed by atoms with E-state index in [4.69, 9.17) is 9.26 Å². The average molecular weight is 356 g/mol. The molecule has 0 fully saturated rings. The molecule has 0 unspecified atom stereocenters. The summed E-state index contributed by atoms with van der Waals surface area (Å²) in [7, 11) is 0. The van der Waals surface area contributed by atoms with Gasteiger partial charge in [0.15, 0.2) is 23.6 Å². The Morgan fingerprint density at radius 1 is 1.28 bits per heavy atom. The maximum absolute atomic E-state index is 13.6. The largest absolute Gasteiger partial charge is 0.449 e. The van der Waals surface area contributed by atoms with E-state index >= 15 is 0 Å². The van der Waals surface area contributed by atoms with Crippen LogP contribution in [0, 0.1) is 24.4 Å². The molecular formula is C16H15F3N2O4. The van der Waals surface area contributed by atoms with Crippen LogP contribution in [0.2, 0.25) is 0 Å². The molecule has 0 radical (unpaired) electrons. The highest BCUT2D eigenvalue weighted by Crippen LogP contribution is 2.20. The number of benzene rings is 1. The van der Waals surface area contributed by atoms with Gasteiger partial charge in [0.25, 0.3) is 5.91 Å². The van der Waals surface area contributed by atoms with Gasteiger partial charge >= 0.3 is 5.97 Å². The standard InChI is InChI=1S/C16H15F3N2O4/c1-4-10-12(7(2)25-21-10)16(23)24-8(3)15(22)20-11-6-5-9(17)13(18)14(11)19/h5-6,8H,4H2,1-3H3,(H,20,22)/t8-/m0/s1. The summed E-state index contributed by atoms with van der Waals surface area (Å²) in [5.41, 5.74) is -0.0786. The Morgan fingerprint density at radius 2 is 1.96 bits per heavy atom. The van der Waals surface area contributed by atoms with Crippen molar-refractivity contribution in [3.63, 3.8) is 0 Å². The van der Waals surface area contributed by atoms with Gasteiger partial charge in [-0.1, -0.05) is 12.1 Å². The molecule has 1 atom stereocenters. The van der Waals surface area contributed by atoms with E-state index in [1.165, 1.54) is 13.8 Å². The first-order valence-corrected chi connectivity index (χ1v) is 7.36. The van der Waals surface area contributed by atoms with Crippen LogP contribution in [-0.4, -0.2) is 23.1 Å². The molecular weight excluding hydrogens is 341 g/mol. The van der Waals surface area contributed by atoms with Gasteiger partial charge < -0.3 is 14.6 Å². The van der Waals surface area contributed by atoms with Crippen molar-refractivity contribution in [1.82, 2.24) is 5.16 Å². The fourth-order valence-electron chi connectivity index (χ4n) is 2.05. The van der Waals surface area contributed by atoms with Gasteiger partial charge in [0, 0.05) is 0 Å². The minimum absolute atomic E-state index is 0.112. The molecule has 25 heavy (non-hydrogen) atoms. The second-order valence-electron chi connectivity index (χ2n) is 5.17. The monoisotopic (exact) mass is 356 g/mol. The quantitative estimate of drug-likeness (QED) is 0.657. The third kappa shape index (κ3) is 3.81. The average Bonchev–Trinajstić information content (AvgIpc) is 2.96. The topological polar surface area (TPSA) is 81.4 Å². The number of amides is 1. The second-order valence-corrected chi connectivity index (χ2v) is 5.17. The van der Waals surface area contributed by atoms with Crippen molar-refractivity contribution in [3.05, 3.63) is 46.6 Å². The van der Waals surface area contributed by atoms with E-state index in [9.17, 15) is 22.8 Å². The van der Waals surface area contributed by atoms with Gasteiger partial charge in [-0.2, -0.15) is 0 Å². The van der Waals surface area contributed by atoms with Crippen LogP contribution >= 0.6 is 0 Å². The summed E-state index contributed by atoms with van der Waals surface area (Å²) in [5.74, 6) is -6.15. The van der Waals surface area contributed by atoms with E-state index in [0.29, 0.717) is 18.2 Å². The molecule has 6 nitrogen and oxygen atoms in total. The third-order valence-corrected chi connectivity index (χ3v) is 3.42. The van der Waals surface area contributed by atoms with E-state index in [2.05, 4.69) is 5.16 Å². The Kier molecular flexibility index (Phi) is 5.45. The number of halogens is 3. The number of hydrogen-bond acceptors (Lipinski definition) is 5. The Bertz CT molecular complexity index is 820. The van der Waals surface area contributed by atoms with Crippen molar-refractivity contribution in [3.8, 4) is 0 Å². The first kappa shape index (κ1) is 18.5. The summed E-state index contributed by atoms with van der Waals surface area (Å²) in [6, 6.07) is 1.53. The van der Waals surface area contributed by atoms with Gasteiger partial charge in [-0.05, 0) is 32.4 Å². The van der Waals surface area contributed by atoms with Gasteiger partial charge in [-0.3, -0.25) is 4.79 Å². The van der Waals surface area contributed by atoms with Crippen LogP contribution in [0.5, 0.6) is 0 Å². The van der Waals surface area contributed by atoms with E-state index in [0.717, 1.165) is 6.07 Å². The molecule has 2 aromatic rings. The predicted octanol–water partition coefficient (Wildman–Crippen LogP) is 3.15. The lowest BCUT2D eigenvalue weighted by atomic mass is 10.1. The molecule has 1 heterocycles. The lowest BCUT2D eigenvalue weighted by Crippen LogP contribution is -2.30. The molecule has 0 aliphatic carbocycles.